The Hall–Kier alpha value is -0.780. The van der Waals surface area contributed by atoms with Crippen molar-refractivity contribution in [2.45, 2.75) is 6.04 Å². The van der Waals surface area contributed by atoms with Crippen molar-refractivity contribution in [2.75, 3.05) is 0 Å². The number of benzene rings is 1. The van der Waals surface area contributed by atoms with Gasteiger partial charge in [-0.05, 0) is 23.8 Å². The first-order valence-electron chi connectivity index (χ1n) is 4.89. The van der Waals surface area contributed by atoms with E-state index in [4.69, 9.17) is 5.73 Å². The molecule has 0 fully saturated rings. The molecule has 0 spiro atoms. The molecule has 1 aromatic heterocycles. The first-order valence-corrected chi connectivity index (χ1v) is 6.48. The van der Waals surface area contributed by atoms with Crippen molar-refractivity contribution in [3.8, 4) is 0 Å². The van der Waals surface area contributed by atoms with Crippen molar-refractivity contribution < 1.29 is 4.39 Å². The summed E-state index contributed by atoms with van der Waals surface area (Å²) in [7, 11) is 0. The highest BCUT2D eigenvalue weighted by atomic mass is 79.9. The number of rotatable bonds is 2. The molecular weight excluding hydrogens is 351 g/mol. The summed E-state index contributed by atoms with van der Waals surface area (Å²) in [4.78, 5) is 3.71. The van der Waals surface area contributed by atoms with Crippen LogP contribution in [0, 0.1) is 5.82 Å². The lowest BCUT2D eigenvalue weighted by atomic mass is 10.0. The molecule has 0 saturated carbocycles. The van der Waals surface area contributed by atoms with Crippen molar-refractivity contribution in [3.63, 3.8) is 0 Å². The molecule has 0 saturated heterocycles. The molecule has 0 radical (unpaired) electrons. The zero-order chi connectivity index (χ0) is 12.4. The Morgan fingerprint density at radius 3 is 2.59 bits per heavy atom. The molecular formula is C12H9Br2FN2. The van der Waals surface area contributed by atoms with Gasteiger partial charge in [0.05, 0.1) is 12.2 Å². The van der Waals surface area contributed by atoms with Crippen molar-refractivity contribution in [1.82, 2.24) is 4.98 Å². The molecule has 0 aliphatic rings. The van der Waals surface area contributed by atoms with Gasteiger partial charge in [-0.25, -0.2) is 4.39 Å². The number of halogens is 3. The second-order valence-electron chi connectivity index (χ2n) is 3.54. The number of nitrogens with zero attached hydrogens (tertiary/aromatic N) is 1. The molecule has 0 amide bonds. The normalized spacial score (nSPS) is 12.5. The predicted octanol–water partition coefficient (Wildman–Crippen LogP) is 3.79. The largest absolute Gasteiger partial charge is 0.320 e. The minimum absolute atomic E-state index is 0.394. The quantitative estimate of drug-likeness (QED) is 0.885. The lowest BCUT2D eigenvalue weighted by Crippen LogP contribution is -2.14. The Balaban J connectivity index is 2.44. The van der Waals surface area contributed by atoms with Crippen LogP contribution in [-0.4, -0.2) is 4.98 Å². The molecule has 2 nitrogen and oxygen atoms in total. The van der Waals surface area contributed by atoms with Gasteiger partial charge >= 0.3 is 0 Å². The fraction of sp³-hybridized carbons (Fsp3) is 0.0833. The van der Waals surface area contributed by atoms with Gasteiger partial charge in [-0.3, -0.25) is 4.98 Å². The van der Waals surface area contributed by atoms with Gasteiger partial charge in [0.15, 0.2) is 0 Å². The molecule has 1 aromatic carbocycles. The van der Waals surface area contributed by atoms with Crippen molar-refractivity contribution in [2.24, 2.45) is 5.73 Å². The van der Waals surface area contributed by atoms with Gasteiger partial charge in [-0.1, -0.05) is 37.9 Å². The van der Waals surface area contributed by atoms with E-state index in [1.165, 1.54) is 12.4 Å². The van der Waals surface area contributed by atoms with Gasteiger partial charge in [-0.15, -0.1) is 0 Å². The summed E-state index contributed by atoms with van der Waals surface area (Å²) in [5.41, 5.74) is 7.32. The molecule has 2 rings (SSSR count). The molecule has 0 aliphatic carbocycles. The lowest BCUT2D eigenvalue weighted by Gasteiger charge is -2.15. The zero-order valence-corrected chi connectivity index (χ0v) is 11.9. The fourth-order valence-electron chi connectivity index (χ4n) is 1.56. The second-order valence-corrected chi connectivity index (χ2v) is 5.31. The molecule has 0 aliphatic heterocycles. The highest BCUT2D eigenvalue weighted by molar-refractivity contribution is 9.11. The third-order valence-corrected chi connectivity index (χ3v) is 3.62. The lowest BCUT2D eigenvalue weighted by molar-refractivity contribution is 0.593. The van der Waals surface area contributed by atoms with Gasteiger partial charge in [0.25, 0.3) is 0 Å². The van der Waals surface area contributed by atoms with Crippen LogP contribution in [0.1, 0.15) is 17.2 Å². The Morgan fingerprint density at radius 2 is 1.94 bits per heavy atom. The summed E-state index contributed by atoms with van der Waals surface area (Å²) in [5, 5.41) is 0. The molecule has 2 N–H and O–H groups in total. The standard InChI is InChI=1S/C12H9Br2FN2/c13-7-1-2-8(10(14)5-7)12(16)9-3-4-17-6-11(9)15/h1-6,12H,16H2. The molecule has 1 heterocycles. The van der Waals surface area contributed by atoms with Gasteiger partial charge in [0.2, 0.25) is 0 Å². The van der Waals surface area contributed by atoms with E-state index in [-0.39, 0.29) is 0 Å². The first-order chi connectivity index (χ1) is 8.09. The molecule has 17 heavy (non-hydrogen) atoms. The van der Waals surface area contributed by atoms with Crippen molar-refractivity contribution in [1.29, 1.82) is 0 Å². The van der Waals surface area contributed by atoms with Crippen LogP contribution < -0.4 is 5.73 Å². The Labute approximate surface area is 115 Å². The number of pyridine rings is 1. The molecule has 5 heteroatoms. The van der Waals surface area contributed by atoms with E-state index in [1.54, 1.807) is 6.07 Å². The summed E-state index contributed by atoms with van der Waals surface area (Å²) in [6.07, 6.45) is 2.70. The maximum Gasteiger partial charge on any atom is 0.146 e. The van der Waals surface area contributed by atoms with Crippen LogP contribution in [0.3, 0.4) is 0 Å². The number of hydrogen-bond donors (Lipinski definition) is 1. The van der Waals surface area contributed by atoms with E-state index in [2.05, 4.69) is 36.8 Å². The average molecular weight is 360 g/mol. The molecule has 1 atom stereocenters. The maximum absolute atomic E-state index is 13.6. The van der Waals surface area contributed by atoms with Crippen LogP contribution >= 0.6 is 31.9 Å². The van der Waals surface area contributed by atoms with Crippen LogP contribution in [0.4, 0.5) is 4.39 Å². The van der Waals surface area contributed by atoms with E-state index >= 15 is 0 Å². The van der Waals surface area contributed by atoms with Gasteiger partial charge in [0, 0.05) is 20.7 Å². The summed E-state index contributed by atoms with van der Waals surface area (Å²) in [6.45, 7) is 0. The Kier molecular flexibility index (Phi) is 3.91. The molecule has 0 bridgehead atoms. The molecule has 1 unspecified atom stereocenters. The van der Waals surface area contributed by atoms with E-state index < -0.39 is 11.9 Å². The summed E-state index contributed by atoms with van der Waals surface area (Å²) >= 11 is 6.78. The highest BCUT2D eigenvalue weighted by Crippen LogP contribution is 2.30. The van der Waals surface area contributed by atoms with E-state index in [0.29, 0.717) is 5.56 Å². The summed E-state index contributed by atoms with van der Waals surface area (Å²) < 4.78 is 15.4. The summed E-state index contributed by atoms with van der Waals surface area (Å²) in [5.74, 6) is -0.394. The van der Waals surface area contributed by atoms with Crippen LogP contribution in [0.15, 0.2) is 45.6 Å². The van der Waals surface area contributed by atoms with E-state index in [0.717, 1.165) is 14.5 Å². The SMILES string of the molecule is NC(c1ccncc1F)c1ccc(Br)cc1Br. The Bertz CT molecular complexity index is 546. The smallest absolute Gasteiger partial charge is 0.146 e. The maximum atomic E-state index is 13.6. The van der Waals surface area contributed by atoms with E-state index in [9.17, 15) is 4.39 Å². The van der Waals surface area contributed by atoms with Gasteiger partial charge < -0.3 is 5.73 Å². The molecule has 2 aromatic rings. The molecule has 88 valence electrons. The predicted molar refractivity (Wildman–Crippen MR) is 72.1 cm³/mol. The Morgan fingerprint density at radius 1 is 1.18 bits per heavy atom. The third-order valence-electron chi connectivity index (χ3n) is 2.44. The van der Waals surface area contributed by atoms with Crippen molar-refractivity contribution in [3.05, 3.63) is 62.5 Å². The fourth-order valence-corrected chi connectivity index (χ4v) is 2.85. The number of nitrogens with two attached hydrogens (primary N) is 1. The first kappa shape index (κ1) is 12.7. The van der Waals surface area contributed by atoms with Crippen molar-refractivity contribution >= 4 is 31.9 Å². The van der Waals surface area contributed by atoms with Gasteiger partial charge in [-0.2, -0.15) is 0 Å². The minimum Gasteiger partial charge on any atom is -0.320 e. The summed E-state index contributed by atoms with van der Waals surface area (Å²) in [6, 6.07) is 6.70. The van der Waals surface area contributed by atoms with Crippen LogP contribution in [-0.2, 0) is 0 Å². The topological polar surface area (TPSA) is 38.9 Å². The van der Waals surface area contributed by atoms with Crippen LogP contribution in [0.5, 0.6) is 0 Å². The van der Waals surface area contributed by atoms with Crippen LogP contribution in [0.25, 0.3) is 0 Å². The number of hydrogen-bond acceptors (Lipinski definition) is 2. The third kappa shape index (κ3) is 2.73. The average Bonchev–Trinajstić information content (AvgIpc) is 2.29. The monoisotopic (exact) mass is 358 g/mol. The van der Waals surface area contributed by atoms with E-state index in [1.807, 2.05) is 18.2 Å². The second kappa shape index (κ2) is 5.25. The number of aromatic nitrogens is 1. The highest BCUT2D eigenvalue weighted by Gasteiger charge is 2.15. The van der Waals surface area contributed by atoms with Crippen LogP contribution in [0.2, 0.25) is 0 Å². The van der Waals surface area contributed by atoms with Gasteiger partial charge in [0.1, 0.15) is 5.82 Å². The minimum atomic E-state index is -0.513. The zero-order valence-electron chi connectivity index (χ0n) is 8.70.